The predicted molar refractivity (Wildman–Crippen MR) is 170 cm³/mol. The van der Waals surface area contributed by atoms with Crippen LogP contribution in [0.25, 0.3) is 5.69 Å². The van der Waals surface area contributed by atoms with Gasteiger partial charge in [0.1, 0.15) is 18.0 Å². The van der Waals surface area contributed by atoms with Gasteiger partial charge in [0.2, 0.25) is 0 Å². The number of hydrazone groups is 1. The summed E-state index contributed by atoms with van der Waals surface area (Å²) in [5.74, 6) is 0.432. The number of sulfonamides is 1. The molecular formula is C31H33ClN4O7S. The van der Waals surface area contributed by atoms with Crippen molar-refractivity contribution in [1.29, 1.82) is 0 Å². The van der Waals surface area contributed by atoms with Crippen molar-refractivity contribution >= 4 is 39.4 Å². The van der Waals surface area contributed by atoms with Crippen LogP contribution in [0.3, 0.4) is 0 Å². The summed E-state index contributed by atoms with van der Waals surface area (Å²) >= 11 is 6.04. The van der Waals surface area contributed by atoms with Gasteiger partial charge in [0.15, 0.2) is 11.5 Å². The lowest BCUT2D eigenvalue weighted by Crippen LogP contribution is -2.39. The largest absolute Gasteiger partial charge is 0.497 e. The van der Waals surface area contributed by atoms with E-state index in [0.717, 1.165) is 26.9 Å². The maximum atomic E-state index is 14.0. The summed E-state index contributed by atoms with van der Waals surface area (Å²) in [5.41, 5.74) is 6.07. The fraction of sp³-hybridized carbons (Fsp3) is 0.226. The molecule has 13 heteroatoms. The van der Waals surface area contributed by atoms with Gasteiger partial charge in [-0.2, -0.15) is 5.10 Å². The zero-order valence-corrected chi connectivity index (χ0v) is 26.7. The van der Waals surface area contributed by atoms with E-state index in [1.54, 1.807) is 12.1 Å². The molecule has 1 amide bonds. The Morgan fingerprint density at radius 1 is 0.886 bits per heavy atom. The summed E-state index contributed by atoms with van der Waals surface area (Å²) in [6.45, 7) is 3.26. The third kappa shape index (κ3) is 6.76. The number of carbonyl (C=O) groups excluding carboxylic acids is 1. The highest BCUT2D eigenvalue weighted by Crippen LogP contribution is 2.37. The van der Waals surface area contributed by atoms with Crippen molar-refractivity contribution in [3.8, 4) is 28.7 Å². The zero-order valence-electron chi connectivity index (χ0n) is 25.1. The van der Waals surface area contributed by atoms with Crippen molar-refractivity contribution in [3.63, 3.8) is 0 Å². The van der Waals surface area contributed by atoms with Gasteiger partial charge in [-0.3, -0.25) is 9.10 Å². The third-order valence-corrected chi connectivity index (χ3v) is 8.84. The molecule has 11 nitrogen and oxygen atoms in total. The van der Waals surface area contributed by atoms with E-state index < -0.39 is 22.5 Å². The topological polar surface area (TPSA) is 121 Å². The lowest BCUT2D eigenvalue weighted by molar-refractivity contribution is -0.119. The molecule has 0 spiro atoms. The Balaban J connectivity index is 1.65. The molecule has 0 radical (unpaired) electrons. The Morgan fingerprint density at radius 3 is 2.18 bits per heavy atom. The number of rotatable bonds is 12. The van der Waals surface area contributed by atoms with Gasteiger partial charge in [-0.05, 0) is 68.4 Å². The molecular weight excluding hydrogens is 608 g/mol. The van der Waals surface area contributed by atoms with E-state index in [2.05, 4.69) is 10.5 Å². The standard InChI is InChI=1S/C31H33ClN4O7S/c1-20-15-22(21(2)36(20)24-9-7-23(32)8-10-24)18-33-34-31(37)19-35(27-16-25(40-3)11-13-28(27)41-4)44(38,39)26-12-14-29(42-5)30(17-26)43-6/h7-18H,19H2,1-6H3,(H,34,37)/b33-18-. The van der Waals surface area contributed by atoms with Crippen LogP contribution < -0.4 is 28.7 Å². The third-order valence-electron chi connectivity index (χ3n) is 6.83. The van der Waals surface area contributed by atoms with E-state index in [9.17, 15) is 13.2 Å². The summed E-state index contributed by atoms with van der Waals surface area (Å²) in [5, 5.41) is 4.75. The number of methoxy groups -OCH3 is 4. The first-order valence-corrected chi connectivity index (χ1v) is 15.1. The zero-order chi connectivity index (χ0) is 32.0. The molecule has 0 saturated heterocycles. The Kier molecular flexibility index (Phi) is 10.1. The van der Waals surface area contributed by atoms with Crippen LogP contribution in [-0.4, -0.2) is 60.1 Å². The molecule has 0 aliphatic heterocycles. The summed E-state index contributed by atoms with van der Waals surface area (Å²) in [7, 11) is 1.34. The number of ether oxygens (including phenoxy) is 4. The van der Waals surface area contributed by atoms with Crippen molar-refractivity contribution in [2.24, 2.45) is 5.10 Å². The molecule has 44 heavy (non-hydrogen) atoms. The van der Waals surface area contributed by atoms with Crippen molar-refractivity contribution < 1.29 is 32.2 Å². The Bertz CT molecular complexity index is 1790. The second-order valence-corrected chi connectivity index (χ2v) is 11.8. The van der Waals surface area contributed by atoms with E-state index in [1.807, 2.05) is 48.7 Å². The average molecular weight is 641 g/mol. The molecule has 0 unspecified atom stereocenters. The minimum Gasteiger partial charge on any atom is -0.497 e. The first-order chi connectivity index (χ1) is 21.0. The number of amides is 1. The first kappa shape index (κ1) is 32.2. The van der Waals surface area contributed by atoms with Gasteiger partial charge >= 0.3 is 0 Å². The summed E-state index contributed by atoms with van der Waals surface area (Å²) in [4.78, 5) is 13.1. The molecule has 4 rings (SSSR count). The van der Waals surface area contributed by atoms with E-state index >= 15 is 0 Å². The molecule has 1 heterocycles. The molecule has 0 saturated carbocycles. The number of hydrogen-bond acceptors (Lipinski definition) is 8. The van der Waals surface area contributed by atoms with Gasteiger partial charge in [0.05, 0.1) is 45.2 Å². The summed E-state index contributed by atoms with van der Waals surface area (Å²) in [6, 6.07) is 18.2. The maximum absolute atomic E-state index is 14.0. The number of halogens is 1. The molecule has 1 aromatic heterocycles. The average Bonchev–Trinajstić information content (AvgIpc) is 3.31. The Morgan fingerprint density at radius 2 is 1.55 bits per heavy atom. The molecule has 0 aliphatic carbocycles. The predicted octanol–water partition coefficient (Wildman–Crippen LogP) is 5.13. The Hall–Kier alpha value is -4.68. The molecule has 4 aromatic rings. The van der Waals surface area contributed by atoms with Gasteiger partial charge in [-0.25, -0.2) is 13.8 Å². The second kappa shape index (κ2) is 13.7. The molecule has 0 bridgehead atoms. The first-order valence-electron chi connectivity index (χ1n) is 13.3. The molecule has 3 aromatic carbocycles. The fourth-order valence-electron chi connectivity index (χ4n) is 4.64. The van der Waals surface area contributed by atoms with Gasteiger partial charge in [-0.1, -0.05) is 11.6 Å². The van der Waals surface area contributed by atoms with Crippen LogP contribution in [0, 0.1) is 13.8 Å². The number of aryl methyl sites for hydroxylation is 1. The number of anilines is 1. The van der Waals surface area contributed by atoms with E-state index in [-0.39, 0.29) is 22.1 Å². The van der Waals surface area contributed by atoms with Crippen LogP contribution in [0.2, 0.25) is 5.02 Å². The minimum atomic E-state index is -4.35. The molecule has 0 atom stereocenters. The Labute approximate surface area is 261 Å². The van der Waals surface area contributed by atoms with Crippen LogP contribution in [0.5, 0.6) is 23.0 Å². The van der Waals surface area contributed by atoms with E-state index in [0.29, 0.717) is 16.5 Å². The highest BCUT2D eigenvalue weighted by atomic mass is 35.5. The molecule has 0 fully saturated rings. The second-order valence-electron chi connectivity index (χ2n) is 9.50. The van der Waals surface area contributed by atoms with Crippen molar-refractivity contribution in [1.82, 2.24) is 9.99 Å². The number of aromatic nitrogens is 1. The quantitative estimate of drug-likeness (QED) is 0.168. The summed E-state index contributed by atoms with van der Waals surface area (Å²) in [6.07, 6.45) is 1.51. The SMILES string of the molecule is COc1ccc(OC)c(N(CC(=O)N/N=C\c2cc(C)n(-c3ccc(Cl)cc3)c2C)S(=O)(=O)c2ccc(OC)c(OC)c2)c1. The number of carbonyl (C=O) groups is 1. The lowest BCUT2D eigenvalue weighted by atomic mass is 10.2. The highest BCUT2D eigenvalue weighted by Gasteiger charge is 2.31. The highest BCUT2D eigenvalue weighted by molar-refractivity contribution is 7.92. The smallest absolute Gasteiger partial charge is 0.265 e. The van der Waals surface area contributed by atoms with Crippen LogP contribution >= 0.6 is 11.6 Å². The van der Waals surface area contributed by atoms with E-state index in [4.69, 9.17) is 30.5 Å². The lowest BCUT2D eigenvalue weighted by Gasteiger charge is -2.26. The fourth-order valence-corrected chi connectivity index (χ4v) is 6.21. The van der Waals surface area contributed by atoms with Gasteiger partial charge < -0.3 is 23.5 Å². The van der Waals surface area contributed by atoms with Crippen molar-refractivity contribution in [2.45, 2.75) is 18.7 Å². The molecule has 0 aliphatic rings. The number of nitrogens with one attached hydrogen (secondary N) is 1. The monoisotopic (exact) mass is 640 g/mol. The molecule has 1 N–H and O–H groups in total. The maximum Gasteiger partial charge on any atom is 0.265 e. The number of nitrogens with zero attached hydrogens (tertiary/aromatic N) is 3. The molecule has 232 valence electrons. The van der Waals surface area contributed by atoms with Gasteiger partial charge in [-0.15, -0.1) is 0 Å². The summed E-state index contributed by atoms with van der Waals surface area (Å²) < 4.78 is 52.4. The van der Waals surface area contributed by atoms with Crippen molar-refractivity contribution in [2.75, 3.05) is 39.3 Å². The van der Waals surface area contributed by atoms with Crippen molar-refractivity contribution in [3.05, 3.63) is 88.7 Å². The number of benzene rings is 3. The van der Waals surface area contributed by atoms with Gasteiger partial charge in [0, 0.05) is 39.8 Å². The van der Waals surface area contributed by atoms with Crippen LogP contribution in [-0.2, 0) is 14.8 Å². The van der Waals surface area contributed by atoms with Crippen LogP contribution in [0.4, 0.5) is 5.69 Å². The number of hydrogen-bond donors (Lipinski definition) is 1. The minimum absolute atomic E-state index is 0.0901. The van der Waals surface area contributed by atoms with Crippen LogP contribution in [0.15, 0.2) is 76.7 Å². The normalized spacial score (nSPS) is 11.3. The van der Waals surface area contributed by atoms with E-state index in [1.165, 1.54) is 58.9 Å². The van der Waals surface area contributed by atoms with Gasteiger partial charge in [0.25, 0.3) is 15.9 Å². The van der Waals surface area contributed by atoms with Crippen LogP contribution in [0.1, 0.15) is 17.0 Å².